The monoisotopic (exact) mass is 1760 g/mol. The molecule has 4 aromatic heterocycles. The number of aliphatic hydroxyl groups excluding tert-OH is 1. The number of piperazine rings is 1. The number of oxazole rings is 1. The van der Waals surface area contributed by atoms with E-state index in [1.807, 2.05) is 88.1 Å². The maximum Gasteiger partial charge on any atom is 0.407 e. The summed E-state index contributed by atoms with van der Waals surface area (Å²) in [6.07, 6.45) is 16.3. The number of allylic oxidation sites excluding steroid dienone is 5. The van der Waals surface area contributed by atoms with Crippen molar-refractivity contribution in [1.29, 1.82) is 0 Å². The molecule has 36 heteroatoms. The van der Waals surface area contributed by atoms with Gasteiger partial charge in [0.25, 0.3) is 17.7 Å². The molecule has 16 atom stereocenters. The van der Waals surface area contributed by atoms with Gasteiger partial charge in [-0.1, -0.05) is 71.1 Å². The molecule has 36 nitrogen and oxygen atoms in total. The number of likely N-dealkylation sites (N-methyl/N-ethyl adjacent to an activating group) is 1. The van der Waals surface area contributed by atoms with Crippen LogP contribution in [0, 0.1) is 35.5 Å². The van der Waals surface area contributed by atoms with E-state index in [0.29, 0.717) is 167 Å². The number of amides is 5. The van der Waals surface area contributed by atoms with Crippen LogP contribution in [0.5, 0.6) is 0 Å². The van der Waals surface area contributed by atoms with E-state index in [4.69, 9.17) is 63.6 Å². The fourth-order valence-corrected chi connectivity index (χ4v) is 17.4. The number of unbranched alkanes of at least 4 members (excludes halogenated alkanes) is 1. The predicted octanol–water partition coefficient (Wildman–Crippen LogP) is 7.18. The maximum absolute atomic E-state index is 15.0. The Bertz CT molecular complexity index is 4570. The number of fused-ring (bicyclic) bond motifs is 5. The van der Waals surface area contributed by atoms with Crippen molar-refractivity contribution in [2.24, 2.45) is 35.5 Å². The molecule has 692 valence electrons. The van der Waals surface area contributed by atoms with Crippen LogP contribution in [0.1, 0.15) is 150 Å². The van der Waals surface area contributed by atoms with Gasteiger partial charge in [-0.3, -0.25) is 33.7 Å². The fraction of sp³-hybridized carbons (Fsp3) is 0.644. The number of rotatable bonds is 30. The number of nitrogens with two attached hydrogens (primary N) is 2. The van der Waals surface area contributed by atoms with Crippen LogP contribution in [0.2, 0.25) is 0 Å². The van der Waals surface area contributed by atoms with Crippen LogP contribution >= 0.6 is 0 Å². The van der Waals surface area contributed by atoms with Crippen molar-refractivity contribution in [1.82, 2.24) is 65.4 Å². The van der Waals surface area contributed by atoms with Crippen LogP contribution in [0.3, 0.4) is 0 Å². The van der Waals surface area contributed by atoms with E-state index >= 15 is 0 Å². The van der Waals surface area contributed by atoms with Crippen molar-refractivity contribution in [3.05, 3.63) is 90.1 Å². The zero-order valence-electron chi connectivity index (χ0n) is 75.1. The number of methoxy groups -OCH3 is 4. The molecule has 8 heterocycles. The highest BCUT2D eigenvalue weighted by Crippen LogP contribution is 2.40. The number of aliphatic hydroxyl groups is 2. The number of cyclic esters (lactones) is 1. The number of aromatic nitrogens is 7. The smallest absolute Gasteiger partial charge is 0.407 e. The molecule has 126 heavy (non-hydrogen) atoms. The largest absolute Gasteiger partial charge is 0.460 e. The number of ether oxygens (including phenoxy) is 9. The highest BCUT2D eigenvalue weighted by molar-refractivity contribution is 6.39. The molecule has 1 saturated carbocycles. The fourth-order valence-electron chi connectivity index (χ4n) is 17.4. The summed E-state index contributed by atoms with van der Waals surface area (Å²) in [7, 11) is 7.83. The van der Waals surface area contributed by atoms with E-state index in [0.717, 1.165) is 11.1 Å². The summed E-state index contributed by atoms with van der Waals surface area (Å²) in [5, 5.41) is 38.0. The molecule has 9 N–H and O–H groups in total. The molecule has 5 aromatic rings. The summed E-state index contributed by atoms with van der Waals surface area (Å²) in [5.74, 6) is -7.24. The van der Waals surface area contributed by atoms with E-state index in [1.165, 1.54) is 18.3 Å². The van der Waals surface area contributed by atoms with Crippen LogP contribution in [-0.2, 0) is 89.3 Å². The number of aryl methyl sites for hydroxylation is 1. The second kappa shape index (κ2) is 47.9. The zero-order chi connectivity index (χ0) is 90.7. The van der Waals surface area contributed by atoms with E-state index < -0.39 is 102 Å². The number of alkyl carbamates (subject to hydrolysis) is 1. The lowest BCUT2D eigenvalue weighted by molar-refractivity contribution is -0.265. The number of nitrogens with zero attached hydrogens (tertiary/aromatic N) is 11. The summed E-state index contributed by atoms with van der Waals surface area (Å²) >= 11 is 0. The highest BCUT2D eigenvalue weighted by atomic mass is 16.6. The molecule has 5 aliphatic rings. The Morgan fingerprint density at radius 1 is 0.754 bits per heavy atom. The topological polar surface area (TPSA) is 457 Å². The average Bonchev–Trinajstić information content (AvgIpc) is 1.33. The average molecular weight is 1760 g/mol. The standard InChI is InChI=1S/C90H132N16O20/c1-55-20-14-13-15-21-56(2)70(117-9)47-65-26-23-61(7)90(116,126-65)82(112)85(113)105-32-18-16-22-67(105)86(114)123-72(48-71(118-10)57(3)43-60(6)80(111)81(120-12)79(110)59(5)42-55)58(4)44-62-24-27-69(73(45-62)119-11)125-89(115)97-51-63-49-95-88(96-50-63)104-36-34-103(35-37-104)76(109)53-102(8)52-75(108)94-31-39-122-41-40-121-38-29-74(107)93-30-17-19-33-106-84-77(83(91)98-54-99-84)78(101-106)64-25-28-68-66(46-64)100-87(92)124-68/h13-15,20-21,25,28,43,46,49-50,54-55,57-59,61-62,65,67,69-73,80-81,111,116H,16-19,22-24,26-27,29-42,44-45,47-48,51-53H2,1-12H3,(H2,92,100)(H,93,107)(H,94,108)(H,97,115)(H2,91,98,99)/b15-13+,20-14+,56-21+,60-43+/t55-,57-,58-,59-,61-,62+,65+,67+,69-,70+,71-,72+,73-,80-,81+,90-/m1/s1. The van der Waals surface area contributed by atoms with E-state index in [2.05, 4.69) is 40.9 Å². The second-order valence-electron chi connectivity index (χ2n) is 34.3. The molecule has 1 aromatic carbocycles. The molecule has 0 spiro atoms. The van der Waals surface area contributed by atoms with E-state index in [1.54, 1.807) is 75.2 Å². The molecule has 4 fully saturated rings. The predicted molar refractivity (Wildman–Crippen MR) is 469 cm³/mol. The molecular formula is C90H132N16O20. The number of anilines is 3. The minimum atomic E-state index is -2.47. The SMILES string of the molecule is CO[C@H]1C[C@@H]2CC[C@@H](C)[C@@](O)(O2)C(=O)C(=O)N2CCCC[C@H]2C(=O)O[C@H]([C@H](C)C[C@@H]2CC[C@@H](OC(=O)NCc3cnc(N4CCN(C(=O)CN(C)CC(=O)NCCOCCOCCC(=O)NCCCCn5nc(-c6ccc7oc(N)nc7c6)c6c(N)ncnc65)CC4)nc3)[C@H](OC)C2)C[C@@H](OC)[C@H](C)/C=C(\C)[C@@H](O)[C@@H](OC)C(=O)[C@H](C)C[C@H](C)/C=C/C=C/C=C/1C. The van der Waals surface area contributed by atoms with E-state index in [-0.39, 0.29) is 126 Å². The van der Waals surface area contributed by atoms with Gasteiger partial charge >= 0.3 is 12.1 Å². The number of carbonyl (C=O) groups is 8. The first-order chi connectivity index (χ1) is 60.5. The first-order valence-electron chi connectivity index (χ1n) is 44.3. The van der Waals surface area contributed by atoms with Crippen LogP contribution in [0.25, 0.3) is 33.4 Å². The van der Waals surface area contributed by atoms with E-state index in [9.17, 15) is 48.6 Å². The van der Waals surface area contributed by atoms with Crippen molar-refractivity contribution in [2.45, 2.75) is 219 Å². The molecule has 10 rings (SSSR count). The quantitative estimate of drug-likeness (QED) is 0.0104. The van der Waals surface area contributed by atoms with Gasteiger partial charge in [-0.15, -0.1) is 0 Å². The van der Waals surface area contributed by atoms with Crippen LogP contribution in [-0.4, -0.2) is 288 Å². The summed E-state index contributed by atoms with van der Waals surface area (Å²) < 4.78 is 61.2. The summed E-state index contributed by atoms with van der Waals surface area (Å²) in [6, 6.07) is 4.37. The summed E-state index contributed by atoms with van der Waals surface area (Å²) in [4.78, 5) is 139. The Morgan fingerprint density at radius 3 is 2.24 bits per heavy atom. The van der Waals surface area contributed by atoms with Crippen LogP contribution in [0.4, 0.5) is 22.6 Å². The van der Waals surface area contributed by atoms with Gasteiger partial charge in [0.2, 0.25) is 29.5 Å². The highest BCUT2D eigenvalue weighted by Gasteiger charge is 2.53. The normalized spacial score (nSPS) is 27.8. The Hall–Kier alpha value is -9.76. The van der Waals surface area contributed by atoms with Gasteiger partial charge in [0.1, 0.15) is 53.8 Å². The zero-order valence-corrected chi connectivity index (χ0v) is 75.1. The van der Waals surface area contributed by atoms with Crippen LogP contribution in [0.15, 0.2) is 88.9 Å². The second-order valence-corrected chi connectivity index (χ2v) is 34.3. The van der Waals surface area contributed by atoms with Crippen molar-refractivity contribution in [3.8, 4) is 11.3 Å². The lowest BCUT2D eigenvalue weighted by atomic mass is 9.78. The maximum atomic E-state index is 15.0. The number of hydrogen-bond acceptors (Lipinski definition) is 30. The Morgan fingerprint density at radius 2 is 1.50 bits per heavy atom. The molecular weight excluding hydrogens is 1630 g/mol. The number of benzene rings is 1. The summed E-state index contributed by atoms with van der Waals surface area (Å²) in [5.41, 5.74) is 17.1. The summed E-state index contributed by atoms with van der Waals surface area (Å²) in [6.45, 7) is 17.4. The number of hydrogen-bond donors (Lipinski definition) is 7. The minimum absolute atomic E-state index is 0.000525. The molecule has 3 saturated heterocycles. The number of carbonyl (C=O) groups excluding carboxylic acids is 8. The lowest BCUT2D eigenvalue weighted by Gasteiger charge is -2.43. The molecule has 2 bridgehead atoms. The molecule has 0 unspecified atom stereocenters. The third-order valence-corrected chi connectivity index (χ3v) is 24.8. The van der Waals surface area contributed by atoms with Crippen molar-refractivity contribution in [2.75, 3.05) is 137 Å². The van der Waals surface area contributed by atoms with Crippen LogP contribution < -0.4 is 32.3 Å². The van der Waals surface area contributed by atoms with Gasteiger partial charge in [-0.2, -0.15) is 10.1 Å². The van der Waals surface area contributed by atoms with Gasteiger partial charge in [-0.05, 0) is 145 Å². The molecule has 4 aliphatic heterocycles. The van der Waals surface area contributed by atoms with Gasteiger partial charge < -0.3 is 99.4 Å². The number of nitrogen functional groups attached to an aromatic ring is 2. The number of piperidine rings is 1. The van der Waals surface area contributed by atoms with Gasteiger partial charge in [-0.25, -0.2) is 34.2 Å². The Kier molecular flexibility index (Phi) is 37.4. The number of Topliss-reactive ketones (excluding diaryl/α,β-unsaturated/α-hetero) is 2. The van der Waals surface area contributed by atoms with Crippen molar-refractivity contribution in [3.63, 3.8) is 0 Å². The first-order valence-corrected chi connectivity index (χ1v) is 44.3. The Labute approximate surface area is 737 Å². The Balaban J connectivity index is 0.630. The third kappa shape index (κ3) is 27.2. The third-order valence-electron chi connectivity index (χ3n) is 24.8. The van der Waals surface area contributed by atoms with Crippen molar-refractivity contribution < 1.29 is 95.6 Å². The van der Waals surface area contributed by atoms with Gasteiger partial charge in [0.15, 0.2) is 17.0 Å². The van der Waals surface area contributed by atoms with Crippen molar-refractivity contribution >= 4 is 87.2 Å². The molecule has 1 aliphatic carbocycles. The lowest BCUT2D eigenvalue weighted by Crippen LogP contribution is -2.61. The number of nitrogens with one attached hydrogen (secondary N) is 3. The number of esters is 1. The van der Waals surface area contributed by atoms with Gasteiger partial charge in [0, 0.05) is 148 Å². The molecule has 5 amide bonds. The number of ketones is 2. The first kappa shape index (κ1) is 98.4. The minimum Gasteiger partial charge on any atom is -0.460 e. The van der Waals surface area contributed by atoms with Gasteiger partial charge in [0.05, 0.1) is 69.3 Å². The molecule has 0 radical (unpaired) electrons.